The van der Waals surface area contributed by atoms with Gasteiger partial charge in [0.05, 0.1) is 0 Å². The predicted molar refractivity (Wildman–Crippen MR) is 109 cm³/mol. The lowest BCUT2D eigenvalue weighted by Crippen LogP contribution is -2.45. The van der Waals surface area contributed by atoms with Gasteiger partial charge in [0.25, 0.3) is 0 Å². The van der Waals surface area contributed by atoms with Crippen molar-refractivity contribution in [1.82, 2.24) is 30.0 Å². The van der Waals surface area contributed by atoms with Crippen molar-refractivity contribution in [2.45, 2.75) is 32.1 Å². The topological polar surface area (TPSA) is 89.1 Å². The van der Waals surface area contributed by atoms with Crippen LogP contribution in [0.25, 0.3) is 0 Å². The molecule has 2 N–H and O–H groups in total. The van der Waals surface area contributed by atoms with Crippen LogP contribution in [0.5, 0.6) is 0 Å². The number of rotatable bonds is 5. The summed E-state index contributed by atoms with van der Waals surface area (Å²) in [5.74, 6) is 4.20. The highest BCUT2D eigenvalue weighted by atomic mass is 15.4. The van der Waals surface area contributed by atoms with Crippen molar-refractivity contribution in [3.05, 3.63) is 11.8 Å². The van der Waals surface area contributed by atoms with Gasteiger partial charge in [0, 0.05) is 56.9 Å². The van der Waals surface area contributed by atoms with Crippen molar-refractivity contribution in [2.24, 2.45) is 5.92 Å². The van der Waals surface area contributed by atoms with Crippen LogP contribution in [0.15, 0.2) is 6.07 Å². The van der Waals surface area contributed by atoms with Crippen LogP contribution in [-0.2, 0) is 0 Å². The van der Waals surface area contributed by atoms with Crippen LogP contribution in [0.4, 0.5) is 23.7 Å². The van der Waals surface area contributed by atoms with Gasteiger partial charge in [-0.15, -0.1) is 0 Å². The van der Waals surface area contributed by atoms with Crippen LogP contribution in [0, 0.1) is 5.92 Å². The largest absolute Gasteiger partial charge is 0.340 e. The minimum absolute atomic E-state index is 0.576. The summed E-state index contributed by atoms with van der Waals surface area (Å²) >= 11 is 0. The van der Waals surface area contributed by atoms with E-state index in [0.29, 0.717) is 17.8 Å². The molecule has 3 aliphatic rings. The Hall–Kier alpha value is -2.42. The summed E-state index contributed by atoms with van der Waals surface area (Å²) in [4.78, 5) is 21.2. The highest BCUT2D eigenvalue weighted by molar-refractivity contribution is 5.53. The monoisotopic (exact) mass is 383 g/mol. The Morgan fingerprint density at radius 2 is 1.71 bits per heavy atom. The minimum Gasteiger partial charge on any atom is -0.340 e. The molecule has 2 aromatic heterocycles. The second-order valence-electron chi connectivity index (χ2n) is 8.50. The van der Waals surface area contributed by atoms with Crippen LogP contribution in [0.2, 0.25) is 0 Å². The fraction of sp³-hybridized carbons (Fsp3) is 0.684. The van der Waals surface area contributed by atoms with E-state index < -0.39 is 0 Å². The summed E-state index contributed by atoms with van der Waals surface area (Å²) < 4.78 is 0. The molecule has 3 fully saturated rings. The third-order valence-corrected chi connectivity index (χ3v) is 5.96. The number of aromatic nitrogens is 5. The number of nitrogens with one attached hydrogen (secondary N) is 2. The Kier molecular flexibility index (Phi) is 4.54. The van der Waals surface area contributed by atoms with Gasteiger partial charge >= 0.3 is 0 Å². The first-order chi connectivity index (χ1) is 13.6. The van der Waals surface area contributed by atoms with Crippen molar-refractivity contribution in [2.75, 3.05) is 61.4 Å². The molecule has 0 aromatic carbocycles. The Morgan fingerprint density at radius 1 is 0.964 bits per heavy atom. The minimum atomic E-state index is 0.576. The van der Waals surface area contributed by atoms with Gasteiger partial charge in [-0.25, -0.2) is 0 Å². The van der Waals surface area contributed by atoms with E-state index in [1.165, 1.54) is 25.0 Å². The summed E-state index contributed by atoms with van der Waals surface area (Å²) in [6.45, 7) is 8.20. The van der Waals surface area contributed by atoms with Gasteiger partial charge in [-0.1, -0.05) is 6.92 Å². The molecular weight excluding hydrogens is 354 g/mol. The van der Waals surface area contributed by atoms with E-state index in [1.807, 2.05) is 0 Å². The lowest BCUT2D eigenvalue weighted by molar-refractivity contribution is 0.311. The summed E-state index contributed by atoms with van der Waals surface area (Å²) in [7, 11) is 2.16. The van der Waals surface area contributed by atoms with Crippen molar-refractivity contribution in [3.63, 3.8) is 0 Å². The number of H-pyrrole nitrogens is 1. The second kappa shape index (κ2) is 7.20. The molecule has 2 aliphatic heterocycles. The van der Waals surface area contributed by atoms with Crippen LogP contribution in [-0.4, -0.2) is 76.4 Å². The molecule has 150 valence electrons. The number of piperazine rings is 1. The van der Waals surface area contributed by atoms with Crippen LogP contribution in [0.1, 0.15) is 37.8 Å². The van der Waals surface area contributed by atoms with Crippen LogP contribution < -0.4 is 15.1 Å². The molecule has 4 heterocycles. The van der Waals surface area contributed by atoms with Crippen molar-refractivity contribution < 1.29 is 0 Å². The van der Waals surface area contributed by atoms with Gasteiger partial charge in [0.1, 0.15) is 0 Å². The van der Waals surface area contributed by atoms with Gasteiger partial charge < -0.3 is 20.0 Å². The summed E-state index contributed by atoms with van der Waals surface area (Å²) in [6.07, 6.45) is 3.68. The third kappa shape index (κ3) is 3.76. The highest BCUT2D eigenvalue weighted by Crippen LogP contribution is 2.39. The fourth-order valence-corrected chi connectivity index (χ4v) is 3.93. The molecule has 1 aliphatic carbocycles. The van der Waals surface area contributed by atoms with E-state index in [0.717, 1.165) is 57.0 Å². The molecule has 1 saturated carbocycles. The molecule has 0 spiro atoms. The first-order valence-electron chi connectivity index (χ1n) is 10.4. The van der Waals surface area contributed by atoms with Crippen molar-refractivity contribution in [3.8, 4) is 0 Å². The second-order valence-corrected chi connectivity index (χ2v) is 8.50. The van der Waals surface area contributed by atoms with Gasteiger partial charge in [-0.05, 0) is 32.2 Å². The standard InChI is InChI=1S/C19H29N9/c1-13-5-6-28(12-13)19-22-17(20-16-11-15(24-25-16)14-3-4-14)21-18(23-19)27-9-7-26(2)8-10-27/h11,13-14H,3-10,12H2,1-2H3,(H2,20,21,22,23,24,25)/t13-/m1/s1. The maximum Gasteiger partial charge on any atom is 0.235 e. The number of hydrogen-bond acceptors (Lipinski definition) is 8. The van der Waals surface area contributed by atoms with Crippen LogP contribution in [0.3, 0.4) is 0 Å². The van der Waals surface area contributed by atoms with E-state index >= 15 is 0 Å². The molecule has 9 heteroatoms. The predicted octanol–water partition coefficient (Wildman–Crippen LogP) is 1.81. The molecule has 0 radical (unpaired) electrons. The maximum atomic E-state index is 4.83. The zero-order valence-corrected chi connectivity index (χ0v) is 16.7. The van der Waals surface area contributed by atoms with E-state index in [9.17, 15) is 0 Å². The average molecular weight is 384 g/mol. The zero-order valence-electron chi connectivity index (χ0n) is 16.7. The van der Waals surface area contributed by atoms with E-state index in [1.54, 1.807) is 0 Å². The maximum absolute atomic E-state index is 4.83. The number of nitrogens with zero attached hydrogens (tertiary/aromatic N) is 7. The first kappa shape index (κ1) is 17.7. The highest BCUT2D eigenvalue weighted by Gasteiger charge is 2.27. The molecule has 0 unspecified atom stereocenters. The SMILES string of the molecule is C[C@@H]1CCN(c2nc(Nc3cc(C4CC4)[nH]n3)nc(N3CCN(C)CC3)n2)C1. The molecule has 0 amide bonds. The summed E-state index contributed by atoms with van der Waals surface area (Å²) in [5, 5.41) is 10.8. The fourth-order valence-electron chi connectivity index (χ4n) is 3.93. The quantitative estimate of drug-likeness (QED) is 0.808. The van der Waals surface area contributed by atoms with Crippen molar-refractivity contribution in [1.29, 1.82) is 0 Å². The van der Waals surface area contributed by atoms with Gasteiger partial charge in [-0.3, -0.25) is 5.10 Å². The van der Waals surface area contributed by atoms with Gasteiger partial charge in [0.2, 0.25) is 17.8 Å². The normalized spacial score (nSPS) is 23.4. The average Bonchev–Trinajstić information content (AvgIpc) is 3.29. The Labute approximate surface area is 165 Å². The van der Waals surface area contributed by atoms with E-state index in [4.69, 9.17) is 15.0 Å². The molecule has 2 saturated heterocycles. The van der Waals surface area contributed by atoms with Gasteiger partial charge in [-0.2, -0.15) is 20.1 Å². The number of anilines is 4. The Morgan fingerprint density at radius 3 is 2.39 bits per heavy atom. The smallest absolute Gasteiger partial charge is 0.235 e. The zero-order chi connectivity index (χ0) is 19.1. The Balaban J connectivity index is 1.41. The first-order valence-corrected chi connectivity index (χ1v) is 10.4. The number of hydrogen-bond donors (Lipinski definition) is 2. The molecule has 2 aromatic rings. The molecule has 5 rings (SSSR count). The van der Waals surface area contributed by atoms with Gasteiger partial charge in [0.15, 0.2) is 5.82 Å². The summed E-state index contributed by atoms with van der Waals surface area (Å²) in [6, 6.07) is 2.08. The lowest BCUT2D eigenvalue weighted by Gasteiger charge is -2.32. The van der Waals surface area contributed by atoms with Crippen LogP contribution >= 0.6 is 0 Å². The molecule has 28 heavy (non-hydrogen) atoms. The molecule has 9 nitrogen and oxygen atoms in total. The molecule has 1 atom stereocenters. The number of likely N-dealkylation sites (N-methyl/N-ethyl adjacent to an activating group) is 1. The van der Waals surface area contributed by atoms with Crippen molar-refractivity contribution >= 4 is 23.7 Å². The molecule has 0 bridgehead atoms. The van der Waals surface area contributed by atoms with E-state index in [-0.39, 0.29) is 0 Å². The lowest BCUT2D eigenvalue weighted by atomic mass is 10.2. The third-order valence-electron chi connectivity index (χ3n) is 5.96. The Bertz CT molecular complexity index is 823. The molecular formula is C19H29N9. The van der Waals surface area contributed by atoms with E-state index in [2.05, 4.69) is 50.3 Å². The number of aromatic amines is 1. The summed E-state index contributed by atoms with van der Waals surface area (Å²) in [5.41, 5.74) is 1.20.